The lowest BCUT2D eigenvalue weighted by atomic mass is 10.1. The molecular weight excluding hydrogens is 246 g/mol. The summed E-state index contributed by atoms with van der Waals surface area (Å²) in [5.41, 5.74) is 3.63. The number of rotatable bonds is 4. The molecule has 0 saturated heterocycles. The Kier molecular flexibility index (Phi) is 4.15. The highest BCUT2D eigenvalue weighted by Gasteiger charge is 2.04. The van der Waals surface area contributed by atoms with Crippen molar-refractivity contribution in [3.8, 4) is 0 Å². The molecule has 0 bridgehead atoms. The molecule has 0 unspecified atom stereocenters. The monoisotopic (exact) mass is 261 g/mol. The van der Waals surface area contributed by atoms with Gasteiger partial charge in [-0.2, -0.15) is 0 Å². The van der Waals surface area contributed by atoms with Crippen LogP contribution in [0.25, 0.3) is 0 Å². The first-order valence-corrected chi connectivity index (χ1v) is 6.38. The number of aryl methyl sites for hydroxylation is 2. The number of hydrogen-bond donors (Lipinski definition) is 1. The maximum Gasteiger partial charge on any atom is 0.224 e. The summed E-state index contributed by atoms with van der Waals surface area (Å²) in [6.07, 6.45) is 2.75. The van der Waals surface area contributed by atoms with Gasteiger partial charge in [0.05, 0.1) is 0 Å². The second-order valence-corrected chi connectivity index (χ2v) is 4.48. The van der Waals surface area contributed by atoms with Crippen LogP contribution in [0.15, 0.2) is 30.5 Å². The number of nitrogens with zero attached hydrogens (tertiary/aromatic N) is 2. The first-order chi connectivity index (χ1) is 8.70. The lowest BCUT2D eigenvalue weighted by Crippen LogP contribution is -2.06. The van der Waals surface area contributed by atoms with Gasteiger partial charge in [0, 0.05) is 18.3 Å². The Morgan fingerprint density at radius 1 is 1.22 bits per heavy atom. The summed E-state index contributed by atoms with van der Waals surface area (Å²) < 4.78 is 0. The molecule has 0 radical (unpaired) electrons. The minimum Gasteiger partial charge on any atom is -0.366 e. The van der Waals surface area contributed by atoms with E-state index in [1.807, 2.05) is 6.92 Å². The van der Waals surface area contributed by atoms with Crippen molar-refractivity contribution in [2.45, 2.75) is 26.8 Å². The Balaban J connectivity index is 2.14. The molecule has 0 aliphatic rings. The fourth-order valence-electron chi connectivity index (χ4n) is 1.85. The number of benzene rings is 1. The van der Waals surface area contributed by atoms with Gasteiger partial charge in [0.25, 0.3) is 0 Å². The highest BCUT2D eigenvalue weighted by Crippen LogP contribution is 2.15. The average Bonchev–Trinajstić information content (AvgIpc) is 2.40. The number of aromatic nitrogens is 2. The summed E-state index contributed by atoms with van der Waals surface area (Å²) >= 11 is 5.79. The van der Waals surface area contributed by atoms with E-state index in [9.17, 15) is 0 Å². The van der Waals surface area contributed by atoms with E-state index in [0.29, 0.717) is 0 Å². The van der Waals surface area contributed by atoms with Gasteiger partial charge in [-0.15, -0.1) is 0 Å². The number of nitrogens with one attached hydrogen (secondary N) is 1. The third-order valence-electron chi connectivity index (χ3n) is 2.89. The summed E-state index contributed by atoms with van der Waals surface area (Å²) in [4.78, 5) is 8.13. The van der Waals surface area contributed by atoms with E-state index in [4.69, 9.17) is 11.6 Å². The summed E-state index contributed by atoms with van der Waals surface area (Å²) in [5.74, 6) is 0.793. The van der Waals surface area contributed by atoms with Crippen LogP contribution in [0, 0.1) is 6.92 Å². The first kappa shape index (κ1) is 12.8. The largest absolute Gasteiger partial charge is 0.366 e. The van der Waals surface area contributed by atoms with Crippen LogP contribution in [0.3, 0.4) is 0 Å². The number of anilines is 1. The van der Waals surface area contributed by atoms with Crippen molar-refractivity contribution in [3.63, 3.8) is 0 Å². The second-order valence-electron chi connectivity index (χ2n) is 4.15. The minimum atomic E-state index is 0.270. The van der Waals surface area contributed by atoms with E-state index < -0.39 is 0 Å². The van der Waals surface area contributed by atoms with E-state index in [1.54, 1.807) is 6.20 Å². The highest BCUT2D eigenvalue weighted by molar-refractivity contribution is 6.28. The van der Waals surface area contributed by atoms with Gasteiger partial charge in [0.1, 0.15) is 5.82 Å². The van der Waals surface area contributed by atoms with Crippen molar-refractivity contribution < 1.29 is 0 Å². The van der Waals surface area contributed by atoms with Crippen LogP contribution in [-0.2, 0) is 13.0 Å². The zero-order valence-electron chi connectivity index (χ0n) is 10.6. The number of halogens is 1. The van der Waals surface area contributed by atoms with E-state index in [-0.39, 0.29) is 5.28 Å². The molecule has 1 aromatic carbocycles. The van der Waals surface area contributed by atoms with Crippen molar-refractivity contribution in [1.82, 2.24) is 9.97 Å². The molecule has 0 spiro atoms. The van der Waals surface area contributed by atoms with Crippen LogP contribution in [0.1, 0.15) is 23.6 Å². The Bertz CT molecular complexity index is 540. The quantitative estimate of drug-likeness (QED) is 0.855. The molecule has 94 valence electrons. The molecule has 1 N–H and O–H groups in total. The van der Waals surface area contributed by atoms with Crippen LogP contribution >= 0.6 is 11.6 Å². The highest BCUT2D eigenvalue weighted by atomic mass is 35.5. The Labute approximate surface area is 112 Å². The maximum atomic E-state index is 5.79. The van der Waals surface area contributed by atoms with Crippen molar-refractivity contribution >= 4 is 17.4 Å². The molecule has 18 heavy (non-hydrogen) atoms. The van der Waals surface area contributed by atoms with Gasteiger partial charge in [-0.3, -0.25) is 0 Å². The predicted octanol–water partition coefficient (Wildman–Crippen LogP) is 3.61. The smallest absolute Gasteiger partial charge is 0.224 e. The van der Waals surface area contributed by atoms with Gasteiger partial charge in [-0.25, -0.2) is 9.97 Å². The predicted molar refractivity (Wildman–Crippen MR) is 74.9 cm³/mol. The van der Waals surface area contributed by atoms with Gasteiger partial charge in [0.15, 0.2) is 0 Å². The average molecular weight is 262 g/mol. The summed E-state index contributed by atoms with van der Waals surface area (Å²) in [7, 11) is 0. The zero-order chi connectivity index (χ0) is 13.0. The molecular formula is C14H16ClN3. The Hall–Kier alpha value is -1.61. The standard InChI is InChI=1S/C14H16ClN3/c1-3-11-6-4-5-7-12(11)9-16-13-10(2)8-17-14(15)18-13/h4-8H,3,9H2,1-2H3,(H,16,17,18). The second kappa shape index (κ2) is 5.83. The van der Waals surface area contributed by atoms with Gasteiger partial charge < -0.3 is 5.32 Å². The van der Waals surface area contributed by atoms with Crippen LogP contribution < -0.4 is 5.32 Å². The Morgan fingerprint density at radius 3 is 2.67 bits per heavy atom. The van der Waals surface area contributed by atoms with E-state index >= 15 is 0 Å². The van der Waals surface area contributed by atoms with Crippen molar-refractivity contribution in [2.24, 2.45) is 0 Å². The fourth-order valence-corrected chi connectivity index (χ4v) is 1.99. The van der Waals surface area contributed by atoms with E-state index in [1.165, 1.54) is 11.1 Å². The molecule has 0 amide bonds. The lowest BCUT2D eigenvalue weighted by Gasteiger charge is -2.11. The minimum absolute atomic E-state index is 0.270. The summed E-state index contributed by atoms with van der Waals surface area (Å²) in [6, 6.07) is 8.39. The van der Waals surface area contributed by atoms with Gasteiger partial charge in [-0.1, -0.05) is 31.2 Å². The summed E-state index contributed by atoms with van der Waals surface area (Å²) in [5, 5.41) is 3.58. The molecule has 0 fully saturated rings. The van der Waals surface area contributed by atoms with Gasteiger partial charge in [0.2, 0.25) is 5.28 Å². The SMILES string of the molecule is CCc1ccccc1CNc1nc(Cl)ncc1C. The fraction of sp³-hybridized carbons (Fsp3) is 0.286. The molecule has 1 heterocycles. The molecule has 0 aliphatic carbocycles. The van der Waals surface area contributed by atoms with Crippen LogP contribution in [0.4, 0.5) is 5.82 Å². The van der Waals surface area contributed by atoms with Crippen LogP contribution in [0.5, 0.6) is 0 Å². The maximum absolute atomic E-state index is 5.79. The van der Waals surface area contributed by atoms with Crippen LogP contribution in [0.2, 0.25) is 5.28 Å². The zero-order valence-corrected chi connectivity index (χ0v) is 11.3. The van der Waals surface area contributed by atoms with E-state index in [2.05, 4.69) is 46.5 Å². The van der Waals surface area contributed by atoms with Gasteiger partial charge >= 0.3 is 0 Å². The van der Waals surface area contributed by atoms with E-state index in [0.717, 1.165) is 24.3 Å². The molecule has 2 aromatic rings. The Morgan fingerprint density at radius 2 is 1.94 bits per heavy atom. The van der Waals surface area contributed by atoms with Gasteiger partial charge in [-0.05, 0) is 36.1 Å². The molecule has 2 rings (SSSR count). The first-order valence-electron chi connectivity index (χ1n) is 6.00. The van der Waals surface area contributed by atoms with Crippen molar-refractivity contribution in [1.29, 1.82) is 0 Å². The third-order valence-corrected chi connectivity index (χ3v) is 3.07. The molecule has 1 aromatic heterocycles. The summed E-state index contributed by atoms with van der Waals surface area (Å²) in [6.45, 7) is 4.87. The molecule has 0 aliphatic heterocycles. The molecule has 4 heteroatoms. The third kappa shape index (κ3) is 2.99. The normalized spacial score (nSPS) is 10.4. The van der Waals surface area contributed by atoms with Crippen LogP contribution in [-0.4, -0.2) is 9.97 Å². The molecule has 3 nitrogen and oxygen atoms in total. The topological polar surface area (TPSA) is 37.8 Å². The lowest BCUT2D eigenvalue weighted by molar-refractivity contribution is 1.02. The molecule has 0 atom stereocenters. The number of hydrogen-bond acceptors (Lipinski definition) is 3. The van der Waals surface area contributed by atoms with Crippen molar-refractivity contribution in [2.75, 3.05) is 5.32 Å². The molecule has 0 saturated carbocycles. The van der Waals surface area contributed by atoms with Crippen molar-refractivity contribution in [3.05, 3.63) is 52.4 Å².